The summed E-state index contributed by atoms with van der Waals surface area (Å²) in [6, 6.07) is 0.459. The Bertz CT molecular complexity index is 1280. The van der Waals surface area contributed by atoms with E-state index in [2.05, 4.69) is 0 Å². The third-order valence-electron chi connectivity index (χ3n) is 6.40. The Labute approximate surface area is 227 Å². The number of benzene rings is 2. The molecule has 0 spiro atoms. The SMILES string of the molecule is COC(=O)N(Cc1cc(C(F)(F)F)cc(C(F)(F)F)c1)C1CC(C)N(C(=O)C(F)(F)F)c2cc(OC)c(OC)cc21. The lowest BCUT2D eigenvalue weighted by molar-refractivity contribution is -0.171. The minimum absolute atomic E-state index is 0.0338. The summed E-state index contributed by atoms with van der Waals surface area (Å²) in [6.45, 7) is 0.371. The van der Waals surface area contributed by atoms with Crippen molar-refractivity contribution in [3.63, 3.8) is 0 Å². The average molecular weight is 602 g/mol. The summed E-state index contributed by atoms with van der Waals surface area (Å²) in [4.78, 5) is 26.5. The normalized spacial score (nSPS) is 17.5. The van der Waals surface area contributed by atoms with Gasteiger partial charge < -0.3 is 19.1 Å². The van der Waals surface area contributed by atoms with Gasteiger partial charge in [-0.25, -0.2) is 4.79 Å². The second kappa shape index (κ2) is 11.2. The van der Waals surface area contributed by atoms with Crippen LogP contribution in [-0.2, 0) is 28.4 Å². The molecule has 0 N–H and O–H groups in total. The minimum atomic E-state index is -5.31. The fourth-order valence-electron chi connectivity index (χ4n) is 4.62. The van der Waals surface area contributed by atoms with Crippen molar-refractivity contribution in [2.24, 2.45) is 0 Å². The van der Waals surface area contributed by atoms with Crippen LogP contribution in [0.25, 0.3) is 0 Å². The summed E-state index contributed by atoms with van der Waals surface area (Å²) in [5, 5.41) is 0. The Hall–Kier alpha value is -3.85. The molecule has 0 aliphatic carbocycles. The van der Waals surface area contributed by atoms with Gasteiger partial charge in [0.25, 0.3) is 0 Å². The molecular formula is C25H23F9N2O5. The third kappa shape index (κ3) is 6.56. The van der Waals surface area contributed by atoms with Crippen molar-refractivity contribution in [3.05, 3.63) is 52.6 Å². The fraction of sp³-hybridized carbons (Fsp3) is 0.440. The molecule has 1 aliphatic heterocycles. The van der Waals surface area contributed by atoms with Gasteiger partial charge in [0.15, 0.2) is 11.5 Å². The van der Waals surface area contributed by atoms with Crippen LogP contribution >= 0.6 is 0 Å². The number of methoxy groups -OCH3 is 3. The van der Waals surface area contributed by atoms with Gasteiger partial charge in [0.1, 0.15) is 0 Å². The molecule has 0 saturated heterocycles. The highest BCUT2D eigenvalue weighted by atomic mass is 19.4. The van der Waals surface area contributed by atoms with Gasteiger partial charge in [0, 0.05) is 24.2 Å². The van der Waals surface area contributed by atoms with Crippen LogP contribution in [0.1, 0.15) is 41.6 Å². The second-order valence-electron chi connectivity index (χ2n) is 9.05. The fourth-order valence-corrected chi connectivity index (χ4v) is 4.62. The molecule has 2 unspecified atom stereocenters. The smallest absolute Gasteiger partial charge is 0.471 e. The van der Waals surface area contributed by atoms with Gasteiger partial charge in [0.05, 0.1) is 44.2 Å². The maximum absolute atomic E-state index is 13.5. The van der Waals surface area contributed by atoms with Gasteiger partial charge in [-0.3, -0.25) is 9.69 Å². The number of hydrogen-bond donors (Lipinski definition) is 0. The first-order valence-electron chi connectivity index (χ1n) is 11.6. The molecule has 0 aromatic heterocycles. The van der Waals surface area contributed by atoms with Crippen LogP contribution in [-0.4, -0.2) is 50.4 Å². The summed E-state index contributed by atoms with van der Waals surface area (Å²) in [5.41, 5.74) is -4.31. The molecule has 3 rings (SSSR count). The number of hydrogen-bond acceptors (Lipinski definition) is 5. The first-order chi connectivity index (χ1) is 18.8. The molecule has 1 heterocycles. The highest BCUT2D eigenvalue weighted by Crippen LogP contribution is 2.47. The van der Waals surface area contributed by atoms with Crippen molar-refractivity contribution < 1.29 is 63.3 Å². The molecule has 41 heavy (non-hydrogen) atoms. The number of nitrogens with zero attached hydrogens (tertiary/aromatic N) is 2. The molecule has 2 atom stereocenters. The van der Waals surface area contributed by atoms with Crippen molar-refractivity contribution in [2.45, 2.75) is 50.5 Å². The highest BCUT2D eigenvalue weighted by molar-refractivity contribution is 5.99. The Morgan fingerprint density at radius 3 is 1.80 bits per heavy atom. The van der Waals surface area contributed by atoms with Crippen molar-refractivity contribution in [3.8, 4) is 11.5 Å². The summed E-state index contributed by atoms with van der Waals surface area (Å²) in [7, 11) is 3.28. The molecule has 0 saturated carbocycles. The van der Waals surface area contributed by atoms with Gasteiger partial charge in [-0.1, -0.05) is 0 Å². The monoisotopic (exact) mass is 602 g/mol. The number of amides is 2. The topological polar surface area (TPSA) is 68.3 Å². The summed E-state index contributed by atoms with van der Waals surface area (Å²) >= 11 is 0. The van der Waals surface area contributed by atoms with Gasteiger partial charge in [-0.05, 0) is 43.2 Å². The second-order valence-corrected chi connectivity index (χ2v) is 9.05. The van der Waals surface area contributed by atoms with Gasteiger partial charge >= 0.3 is 30.5 Å². The standard InChI is InChI=1S/C25H23F9N2O5/c1-12-5-17(16-9-19(39-2)20(40-3)10-18(16)36(12)21(37)25(32,33)34)35(22(38)41-4)11-13-6-14(23(26,27)28)8-15(7-13)24(29,30)31/h6-10,12,17H,5,11H2,1-4H3. The Morgan fingerprint density at radius 2 is 1.37 bits per heavy atom. The first kappa shape index (κ1) is 31.7. The number of rotatable bonds is 5. The number of carbonyl (C=O) groups excluding carboxylic acids is 2. The van der Waals surface area contributed by atoms with E-state index in [1.165, 1.54) is 27.2 Å². The molecule has 16 heteroatoms. The zero-order valence-corrected chi connectivity index (χ0v) is 21.8. The lowest BCUT2D eigenvalue weighted by Crippen LogP contribution is -2.51. The van der Waals surface area contributed by atoms with Crippen LogP contribution in [0.5, 0.6) is 11.5 Å². The number of fused-ring (bicyclic) bond motifs is 1. The highest BCUT2D eigenvalue weighted by Gasteiger charge is 2.49. The Balaban J connectivity index is 2.24. The molecule has 1 aliphatic rings. The van der Waals surface area contributed by atoms with Crippen molar-refractivity contribution in [1.82, 2.24) is 4.90 Å². The first-order valence-corrected chi connectivity index (χ1v) is 11.6. The van der Waals surface area contributed by atoms with Crippen LogP contribution in [0.3, 0.4) is 0 Å². The molecule has 0 fully saturated rings. The predicted octanol–water partition coefficient (Wildman–Crippen LogP) is 6.74. The number of ether oxygens (including phenoxy) is 3. The summed E-state index contributed by atoms with van der Waals surface area (Å²) < 4.78 is 136. The van der Waals surface area contributed by atoms with E-state index in [0.717, 1.165) is 18.1 Å². The average Bonchev–Trinajstić information content (AvgIpc) is 2.88. The van der Waals surface area contributed by atoms with E-state index in [1.54, 1.807) is 0 Å². The van der Waals surface area contributed by atoms with Crippen LogP contribution < -0.4 is 14.4 Å². The molecule has 7 nitrogen and oxygen atoms in total. The summed E-state index contributed by atoms with van der Waals surface area (Å²) in [5.74, 6) is -2.36. The molecule has 0 radical (unpaired) electrons. The quantitative estimate of drug-likeness (QED) is 0.355. The molecule has 2 amide bonds. The van der Waals surface area contributed by atoms with E-state index in [-0.39, 0.29) is 28.8 Å². The summed E-state index contributed by atoms with van der Waals surface area (Å²) in [6.07, 6.45) is -17.2. The van der Waals surface area contributed by atoms with E-state index in [9.17, 15) is 49.1 Å². The number of alkyl halides is 9. The lowest BCUT2D eigenvalue weighted by atomic mass is 9.89. The van der Waals surface area contributed by atoms with Gasteiger partial charge in [0.2, 0.25) is 0 Å². The van der Waals surface area contributed by atoms with Crippen LogP contribution in [0.15, 0.2) is 30.3 Å². The lowest BCUT2D eigenvalue weighted by Gasteiger charge is -2.43. The number of anilines is 1. The van der Waals surface area contributed by atoms with Crippen LogP contribution in [0, 0.1) is 0 Å². The van der Waals surface area contributed by atoms with E-state index in [4.69, 9.17) is 14.2 Å². The number of halogens is 9. The van der Waals surface area contributed by atoms with Crippen LogP contribution in [0.4, 0.5) is 50.0 Å². The molecular weight excluding hydrogens is 579 g/mol. The molecule has 2 aromatic rings. The number of carbonyl (C=O) groups is 2. The van der Waals surface area contributed by atoms with Gasteiger partial charge in [-0.2, -0.15) is 39.5 Å². The Kier molecular flexibility index (Phi) is 8.65. The van der Waals surface area contributed by atoms with Crippen LogP contribution in [0.2, 0.25) is 0 Å². The van der Waals surface area contributed by atoms with E-state index in [1.807, 2.05) is 0 Å². The van der Waals surface area contributed by atoms with E-state index in [0.29, 0.717) is 17.0 Å². The largest absolute Gasteiger partial charge is 0.493 e. The van der Waals surface area contributed by atoms with E-state index >= 15 is 0 Å². The predicted molar refractivity (Wildman–Crippen MR) is 124 cm³/mol. The zero-order chi connectivity index (χ0) is 31.1. The molecule has 0 bridgehead atoms. The molecule has 2 aromatic carbocycles. The van der Waals surface area contributed by atoms with E-state index < -0.39 is 72.3 Å². The van der Waals surface area contributed by atoms with Crippen molar-refractivity contribution >= 4 is 17.7 Å². The Morgan fingerprint density at radius 1 is 0.854 bits per heavy atom. The van der Waals surface area contributed by atoms with Crippen molar-refractivity contribution in [2.75, 3.05) is 26.2 Å². The third-order valence-corrected chi connectivity index (χ3v) is 6.40. The zero-order valence-electron chi connectivity index (χ0n) is 21.8. The maximum Gasteiger partial charge on any atom is 0.471 e. The maximum atomic E-state index is 13.5. The minimum Gasteiger partial charge on any atom is -0.493 e. The molecule has 226 valence electrons. The van der Waals surface area contributed by atoms with Gasteiger partial charge in [-0.15, -0.1) is 0 Å². The van der Waals surface area contributed by atoms with Crippen molar-refractivity contribution in [1.29, 1.82) is 0 Å².